The summed E-state index contributed by atoms with van der Waals surface area (Å²) in [6, 6.07) is 22.4. The second-order valence-corrected chi connectivity index (χ2v) is 15.5. The number of aliphatic hydroxyl groups excluding tert-OH is 1. The zero-order valence-electron chi connectivity index (χ0n) is 30.7. The molecule has 0 aliphatic heterocycles. The minimum Gasteiger partial charge on any atom is -0.512 e. The quantitative estimate of drug-likeness (QED) is 0.0890. The molecule has 0 spiro atoms. The molecule has 50 heavy (non-hydrogen) atoms. The monoisotopic (exact) mass is 866 g/mol. The number of fused-ring (bicyclic) bond motifs is 3. The molecule has 0 saturated heterocycles. The van der Waals surface area contributed by atoms with Crippen molar-refractivity contribution < 1.29 is 34.4 Å². The summed E-state index contributed by atoms with van der Waals surface area (Å²) < 4.78 is 7.53. The summed E-state index contributed by atoms with van der Waals surface area (Å²) in [5.41, 5.74) is 4.01. The maximum atomic E-state index is 12.2. The van der Waals surface area contributed by atoms with E-state index in [1.165, 1.54) is 27.1 Å². The van der Waals surface area contributed by atoms with Gasteiger partial charge < -0.3 is 9.52 Å². The van der Waals surface area contributed by atoms with Gasteiger partial charge in [0, 0.05) is 60.5 Å². The van der Waals surface area contributed by atoms with Crippen LogP contribution >= 0.6 is 11.3 Å². The van der Waals surface area contributed by atoms with Crippen molar-refractivity contribution in [2.24, 2.45) is 10.8 Å². The number of allylic oxidation sites excluding steroid dienone is 2. The predicted molar refractivity (Wildman–Crippen MR) is 206 cm³/mol. The third-order valence-corrected chi connectivity index (χ3v) is 11.3. The number of carbonyl (C=O) groups excluding carboxylic acids is 1. The van der Waals surface area contributed by atoms with Gasteiger partial charge in [-0.15, -0.1) is 40.5 Å². The fourth-order valence-corrected chi connectivity index (χ4v) is 6.68. The molecule has 6 aromatic rings. The Morgan fingerprint density at radius 3 is 2.22 bits per heavy atom. The van der Waals surface area contributed by atoms with Crippen LogP contribution in [0.2, 0.25) is 0 Å². The molecule has 0 aliphatic rings. The Kier molecular flexibility index (Phi) is 12.3. The van der Waals surface area contributed by atoms with Gasteiger partial charge in [0.2, 0.25) is 0 Å². The molecular formula is C43H49IrN2O3S-. The van der Waals surface area contributed by atoms with Crippen LogP contribution < -0.4 is 0 Å². The Labute approximate surface area is 314 Å². The second kappa shape index (κ2) is 15.7. The van der Waals surface area contributed by atoms with Gasteiger partial charge in [0.05, 0.1) is 4.70 Å². The van der Waals surface area contributed by atoms with Crippen molar-refractivity contribution in [1.29, 1.82) is 0 Å². The molecule has 2 aromatic carbocycles. The molecule has 0 bridgehead atoms. The minimum atomic E-state index is -0.337. The van der Waals surface area contributed by atoms with E-state index in [4.69, 9.17) is 9.40 Å². The van der Waals surface area contributed by atoms with Crippen molar-refractivity contribution in [3.63, 3.8) is 0 Å². The molecule has 7 heteroatoms. The summed E-state index contributed by atoms with van der Waals surface area (Å²) in [5.74, 6) is 1.04. The average Bonchev–Trinajstić information content (AvgIpc) is 3.77. The summed E-state index contributed by atoms with van der Waals surface area (Å²) >= 11 is 1.69. The van der Waals surface area contributed by atoms with Crippen LogP contribution in [0.5, 0.6) is 0 Å². The fourth-order valence-electron chi connectivity index (χ4n) is 5.95. The smallest absolute Gasteiger partial charge is 0.164 e. The predicted octanol–water partition coefficient (Wildman–Crippen LogP) is 12.7. The summed E-state index contributed by atoms with van der Waals surface area (Å²) in [5, 5.41) is 16.7. The molecule has 4 aromatic heterocycles. The third-order valence-electron chi connectivity index (χ3n) is 10.5. The van der Waals surface area contributed by atoms with E-state index in [0.29, 0.717) is 0 Å². The first kappa shape index (κ1) is 39.2. The number of furan rings is 1. The van der Waals surface area contributed by atoms with Crippen molar-refractivity contribution in [2.75, 3.05) is 0 Å². The first-order valence-corrected chi connectivity index (χ1v) is 18.3. The number of hydrogen-bond donors (Lipinski definition) is 1. The van der Waals surface area contributed by atoms with Crippen LogP contribution in [0.3, 0.4) is 0 Å². The second-order valence-electron chi connectivity index (χ2n) is 14.5. The summed E-state index contributed by atoms with van der Waals surface area (Å²) in [6.07, 6.45) is 8.50. The van der Waals surface area contributed by atoms with Gasteiger partial charge in [-0.1, -0.05) is 91.5 Å². The van der Waals surface area contributed by atoms with Gasteiger partial charge >= 0.3 is 0 Å². The van der Waals surface area contributed by atoms with E-state index in [1.807, 2.05) is 66.1 Å². The van der Waals surface area contributed by atoms with E-state index in [0.717, 1.165) is 64.8 Å². The largest absolute Gasteiger partial charge is 0.512 e. The van der Waals surface area contributed by atoms with Crippen molar-refractivity contribution >= 4 is 48.9 Å². The molecule has 0 amide bonds. The Balaban J connectivity index is 0.000000269. The van der Waals surface area contributed by atoms with Crippen LogP contribution in [0, 0.1) is 16.9 Å². The van der Waals surface area contributed by atoms with E-state index in [-0.39, 0.29) is 47.9 Å². The van der Waals surface area contributed by atoms with Crippen molar-refractivity contribution in [3.05, 3.63) is 95.8 Å². The van der Waals surface area contributed by atoms with Crippen LogP contribution in [0.4, 0.5) is 0 Å². The molecule has 1 N–H and O–H groups in total. The number of carbonyl (C=O) groups is 1. The Morgan fingerprint density at radius 2 is 1.56 bits per heavy atom. The summed E-state index contributed by atoms with van der Waals surface area (Å²) in [4.78, 5) is 21.5. The van der Waals surface area contributed by atoms with Gasteiger partial charge in [-0.05, 0) is 66.1 Å². The number of nitrogens with zero attached hydrogens (tertiary/aromatic N) is 2. The van der Waals surface area contributed by atoms with Gasteiger partial charge in [-0.3, -0.25) is 14.8 Å². The van der Waals surface area contributed by atoms with E-state index in [1.54, 1.807) is 11.3 Å². The maximum Gasteiger partial charge on any atom is 0.164 e. The molecule has 0 aliphatic carbocycles. The van der Waals surface area contributed by atoms with Crippen molar-refractivity contribution in [2.45, 2.75) is 93.4 Å². The molecule has 0 atom stereocenters. The van der Waals surface area contributed by atoms with E-state index < -0.39 is 0 Å². The average molecular weight is 866 g/mol. The Morgan fingerprint density at radius 1 is 0.880 bits per heavy atom. The standard InChI is InChI=1S/C28H21N2OS.C15H28O2.Ir/c1-28(2,3)22-13-20(12-17-6-4-5-7-21(17)22)26-27-19(8-10-29-26)15-24(31-27)23-14-18-9-11-32-25(18)16-30-23;1-7-14(5,8-2)12(16)11-13(17)15(6,9-3)10-4;/h4-11,13-16H,1-3H3;11,16H,7-10H2,1-6H3;/q-1;;/b;12-11-;. The number of ketones is 1. The molecule has 265 valence electrons. The molecule has 5 nitrogen and oxygen atoms in total. The number of benzene rings is 2. The number of aliphatic hydroxyl groups is 1. The van der Waals surface area contributed by atoms with Gasteiger partial charge in [0.25, 0.3) is 0 Å². The van der Waals surface area contributed by atoms with Gasteiger partial charge in [0.1, 0.15) is 17.0 Å². The van der Waals surface area contributed by atoms with Crippen LogP contribution in [0.15, 0.2) is 88.6 Å². The molecule has 0 unspecified atom stereocenters. The Hall–Kier alpha value is -3.64. The van der Waals surface area contributed by atoms with Gasteiger partial charge in [-0.2, -0.15) is 0 Å². The van der Waals surface area contributed by atoms with E-state index in [9.17, 15) is 9.90 Å². The number of rotatable bonds is 9. The van der Waals surface area contributed by atoms with Crippen LogP contribution in [0.25, 0.3) is 54.5 Å². The van der Waals surface area contributed by atoms with Gasteiger partial charge in [-0.25, -0.2) is 0 Å². The first-order chi connectivity index (χ1) is 23.3. The van der Waals surface area contributed by atoms with Crippen LogP contribution in [0.1, 0.15) is 93.6 Å². The van der Waals surface area contributed by atoms with E-state index >= 15 is 0 Å². The van der Waals surface area contributed by atoms with Crippen molar-refractivity contribution in [3.8, 4) is 22.7 Å². The number of thiophene rings is 1. The Bertz CT molecular complexity index is 2130. The van der Waals surface area contributed by atoms with Gasteiger partial charge in [0.15, 0.2) is 11.5 Å². The van der Waals surface area contributed by atoms with E-state index in [2.05, 4.69) is 79.7 Å². The molecule has 6 rings (SSSR count). The number of aromatic nitrogens is 2. The third kappa shape index (κ3) is 7.96. The fraction of sp³-hybridized carbons (Fsp3) is 0.372. The summed E-state index contributed by atoms with van der Waals surface area (Å²) in [6.45, 7) is 18.8. The topological polar surface area (TPSA) is 76.2 Å². The molecule has 0 saturated carbocycles. The normalized spacial score (nSPS) is 12.5. The number of hydrogen-bond acceptors (Lipinski definition) is 6. The van der Waals surface area contributed by atoms with Crippen LogP contribution in [-0.2, 0) is 30.3 Å². The molecular weight excluding hydrogens is 817 g/mol. The zero-order valence-corrected chi connectivity index (χ0v) is 33.9. The van der Waals surface area contributed by atoms with Crippen molar-refractivity contribution in [1.82, 2.24) is 9.97 Å². The minimum absolute atomic E-state index is 0. The first-order valence-electron chi connectivity index (χ1n) is 17.4. The summed E-state index contributed by atoms with van der Waals surface area (Å²) in [7, 11) is 0. The SMILES string of the molecule is CC(C)(C)c1cc(-c2nccc3cc(-c4cc5ccsc5cn4)oc23)[c-]c2ccccc12.CCC(C)(CC)C(=O)/C=C(\O)C(C)(CC)CC.[Ir]. The zero-order chi connectivity index (χ0) is 35.6. The molecule has 4 heterocycles. The number of pyridine rings is 2. The maximum absolute atomic E-state index is 12.2. The molecule has 1 radical (unpaired) electrons. The van der Waals surface area contributed by atoms with Crippen LogP contribution in [-0.4, -0.2) is 20.9 Å². The molecule has 0 fully saturated rings.